The van der Waals surface area contributed by atoms with E-state index in [2.05, 4.69) is 14.9 Å². The highest BCUT2D eigenvalue weighted by Crippen LogP contribution is 2.32. The first kappa shape index (κ1) is 17.5. The molecule has 4 rings (SSSR count). The minimum absolute atomic E-state index is 0.269. The van der Waals surface area contributed by atoms with Gasteiger partial charge in [0.25, 0.3) is 11.8 Å². The van der Waals surface area contributed by atoms with Crippen molar-refractivity contribution in [1.29, 1.82) is 0 Å². The second kappa shape index (κ2) is 7.00. The Bertz CT molecular complexity index is 905. The Morgan fingerprint density at radius 3 is 2.11 bits per heavy atom. The molecule has 0 bridgehead atoms. The lowest BCUT2D eigenvalue weighted by Gasteiger charge is -2.36. The molecule has 1 aromatic carbocycles. The van der Waals surface area contributed by atoms with Crippen molar-refractivity contribution in [2.75, 3.05) is 38.1 Å². The van der Waals surface area contributed by atoms with Gasteiger partial charge >= 0.3 is 0 Å². The second-order valence-electron chi connectivity index (χ2n) is 6.42. The predicted octanol–water partition coefficient (Wildman–Crippen LogP) is 1.66. The van der Waals surface area contributed by atoms with Crippen LogP contribution in [0.3, 0.4) is 0 Å². The molecule has 0 radical (unpaired) electrons. The molecule has 0 N–H and O–H groups in total. The van der Waals surface area contributed by atoms with Crippen LogP contribution < -0.4 is 4.90 Å². The van der Waals surface area contributed by atoms with Crippen LogP contribution in [0.25, 0.3) is 5.57 Å². The van der Waals surface area contributed by atoms with Crippen LogP contribution in [0.4, 0.5) is 5.95 Å². The van der Waals surface area contributed by atoms with E-state index in [4.69, 9.17) is 11.6 Å². The Labute approximate surface area is 161 Å². The topological polar surface area (TPSA) is 69.6 Å². The molecule has 2 aromatic rings. The van der Waals surface area contributed by atoms with E-state index in [1.54, 1.807) is 42.7 Å². The monoisotopic (exact) mass is 383 g/mol. The van der Waals surface area contributed by atoms with Crippen molar-refractivity contribution in [2.24, 2.45) is 0 Å². The molecule has 138 valence electrons. The molecule has 27 heavy (non-hydrogen) atoms. The van der Waals surface area contributed by atoms with Gasteiger partial charge in [-0.2, -0.15) is 0 Å². The van der Waals surface area contributed by atoms with Gasteiger partial charge in [0.15, 0.2) is 0 Å². The number of rotatable bonds is 3. The second-order valence-corrected chi connectivity index (χ2v) is 6.86. The van der Waals surface area contributed by atoms with E-state index in [0.717, 1.165) is 0 Å². The molecule has 0 unspecified atom stereocenters. The number of piperazine rings is 1. The fourth-order valence-electron chi connectivity index (χ4n) is 3.38. The molecular weight excluding hydrogens is 366 g/mol. The lowest BCUT2D eigenvalue weighted by molar-refractivity contribution is -0.135. The number of likely N-dealkylation sites (N-methyl/N-ethyl adjacent to an activating group) is 1. The van der Waals surface area contributed by atoms with Crippen molar-refractivity contribution >= 4 is 34.9 Å². The number of hydrogen-bond acceptors (Lipinski definition) is 6. The molecule has 3 heterocycles. The number of carbonyl (C=O) groups is 2. The van der Waals surface area contributed by atoms with E-state index in [0.29, 0.717) is 54.0 Å². The SMILES string of the molecule is CN1C(=O)C(c2ccc(Cl)cc2)=C(N2CCN(c3ncccn3)CC2)C1=O. The van der Waals surface area contributed by atoms with E-state index in [9.17, 15) is 9.59 Å². The maximum absolute atomic E-state index is 12.8. The molecule has 2 amide bonds. The zero-order chi connectivity index (χ0) is 19.0. The van der Waals surface area contributed by atoms with Crippen LogP contribution in [0.5, 0.6) is 0 Å². The van der Waals surface area contributed by atoms with Gasteiger partial charge in [-0.1, -0.05) is 23.7 Å². The van der Waals surface area contributed by atoms with Crippen LogP contribution in [0.15, 0.2) is 48.4 Å². The highest BCUT2D eigenvalue weighted by atomic mass is 35.5. The van der Waals surface area contributed by atoms with Crippen molar-refractivity contribution in [1.82, 2.24) is 19.8 Å². The van der Waals surface area contributed by atoms with E-state index in [1.165, 1.54) is 11.9 Å². The van der Waals surface area contributed by atoms with Crippen molar-refractivity contribution in [3.8, 4) is 0 Å². The van der Waals surface area contributed by atoms with Gasteiger partial charge in [0.2, 0.25) is 5.95 Å². The maximum atomic E-state index is 12.8. The van der Waals surface area contributed by atoms with E-state index >= 15 is 0 Å². The average Bonchev–Trinajstić information content (AvgIpc) is 2.93. The molecule has 7 nitrogen and oxygen atoms in total. The number of anilines is 1. The first-order valence-electron chi connectivity index (χ1n) is 8.66. The highest BCUT2D eigenvalue weighted by molar-refractivity contribution is 6.35. The normalized spacial score (nSPS) is 17.9. The van der Waals surface area contributed by atoms with Crippen LogP contribution >= 0.6 is 11.6 Å². The summed E-state index contributed by atoms with van der Waals surface area (Å²) in [6.45, 7) is 2.56. The first-order chi connectivity index (χ1) is 13.1. The highest BCUT2D eigenvalue weighted by Gasteiger charge is 2.40. The van der Waals surface area contributed by atoms with Crippen LogP contribution in [0, 0.1) is 0 Å². The first-order valence-corrected chi connectivity index (χ1v) is 9.03. The Morgan fingerprint density at radius 2 is 1.48 bits per heavy atom. The summed E-state index contributed by atoms with van der Waals surface area (Å²) in [6.07, 6.45) is 3.42. The third-order valence-corrected chi connectivity index (χ3v) is 5.08. The molecule has 0 spiro atoms. The maximum Gasteiger partial charge on any atom is 0.277 e. The lowest BCUT2D eigenvalue weighted by Crippen LogP contribution is -2.48. The summed E-state index contributed by atoms with van der Waals surface area (Å²) in [5.41, 5.74) is 1.59. The molecule has 0 aliphatic carbocycles. The third-order valence-electron chi connectivity index (χ3n) is 4.83. The minimum Gasteiger partial charge on any atom is -0.363 e. The van der Waals surface area contributed by atoms with E-state index in [1.807, 2.05) is 4.90 Å². The summed E-state index contributed by atoms with van der Waals surface area (Å²) < 4.78 is 0. The number of nitrogens with zero attached hydrogens (tertiary/aromatic N) is 5. The lowest BCUT2D eigenvalue weighted by atomic mass is 10.0. The van der Waals surface area contributed by atoms with Crippen molar-refractivity contribution in [3.63, 3.8) is 0 Å². The van der Waals surface area contributed by atoms with Gasteiger partial charge < -0.3 is 9.80 Å². The summed E-state index contributed by atoms with van der Waals surface area (Å²) in [6, 6.07) is 8.78. The number of amides is 2. The molecule has 0 saturated carbocycles. The third kappa shape index (κ3) is 3.14. The molecular formula is C19H18ClN5O2. The zero-order valence-corrected chi connectivity index (χ0v) is 15.6. The van der Waals surface area contributed by atoms with Crippen molar-refractivity contribution in [2.45, 2.75) is 0 Å². The summed E-state index contributed by atoms with van der Waals surface area (Å²) in [4.78, 5) is 39.2. The van der Waals surface area contributed by atoms with Gasteiger partial charge in [0.05, 0.1) is 5.57 Å². The number of imide groups is 1. The fourth-order valence-corrected chi connectivity index (χ4v) is 3.51. The molecule has 1 fully saturated rings. The molecule has 1 saturated heterocycles. The quantitative estimate of drug-likeness (QED) is 0.751. The van der Waals surface area contributed by atoms with Crippen LogP contribution in [-0.2, 0) is 9.59 Å². The zero-order valence-electron chi connectivity index (χ0n) is 14.8. The number of aromatic nitrogens is 2. The number of carbonyl (C=O) groups excluding carboxylic acids is 2. The standard InChI is InChI=1S/C19H18ClN5O2/c1-23-17(26)15(13-3-5-14(20)6-4-13)16(18(23)27)24-9-11-25(12-10-24)19-21-7-2-8-22-19/h2-8H,9-12H2,1H3. The van der Waals surface area contributed by atoms with Crippen molar-refractivity contribution in [3.05, 3.63) is 59.0 Å². The minimum atomic E-state index is -0.286. The van der Waals surface area contributed by atoms with Gasteiger partial charge in [-0.05, 0) is 23.8 Å². The van der Waals surface area contributed by atoms with E-state index < -0.39 is 0 Å². The molecule has 0 atom stereocenters. The molecule has 2 aliphatic heterocycles. The molecule has 8 heteroatoms. The van der Waals surface area contributed by atoms with Gasteiger partial charge in [0, 0.05) is 50.6 Å². The molecule has 1 aromatic heterocycles. The van der Waals surface area contributed by atoms with E-state index in [-0.39, 0.29) is 11.8 Å². The van der Waals surface area contributed by atoms with Gasteiger partial charge in [-0.15, -0.1) is 0 Å². The van der Waals surface area contributed by atoms with Gasteiger partial charge in [-0.3, -0.25) is 14.5 Å². The molecule has 2 aliphatic rings. The van der Waals surface area contributed by atoms with Gasteiger partial charge in [0.1, 0.15) is 5.70 Å². The predicted molar refractivity (Wildman–Crippen MR) is 102 cm³/mol. The van der Waals surface area contributed by atoms with Gasteiger partial charge in [-0.25, -0.2) is 9.97 Å². The van der Waals surface area contributed by atoms with Crippen LogP contribution in [-0.4, -0.2) is 64.8 Å². The number of halogens is 1. The Morgan fingerprint density at radius 1 is 0.889 bits per heavy atom. The Hall–Kier alpha value is -2.93. The van der Waals surface area contributed by atoms with Crippen molar-refractivity contribution < 1.29 is 9.59 Å². The Balaban J connectivity index is 1.63. The summed E-state index contributed by atoms with van der Waals surface area (Å²) >= 11 is 5.97. The van der Waals surface area contributed by atoms with Crippen LogP contribution in [0.2, 0.25) is 5.02 Å². The Kier molecular flexibility index (Phi) is 4.53. The number of benzene rings is 1. The number of hydrogen-bond donors (Lipinski definition) is 0. The summed E-state index contributed by atoms with van der Waals surface area (Å²) in [5, 5.41) is 0.586. The summed E-state index contributed by atoms with van der Waals surface area (Å²) in [5.74, 6) is 0.121. The summed E-state index contributed by atoms with van der Waals surface area (Å²) in [7, 11) is 1.52. The smallest absolute Gasteiger partial charge is 0.277 e. The fraction of sp³-hybridized carbons (Fsp3) is 0.263. The van der Waals surface area contributed by atoms with Crippen LogP contribution in [0.1, 0.15) is 5.56 Å². The largest absolute Gasteiger partial charge is 0.363 e. The average molecular weight is 384 g/mol.